The van der Waals surface area contributed by atoms with Crippen molar-refractivity contribution in [1.29, 1.82) is 0 Å². The molecule has 2 N–H and O–H groups in total. The predicted molar refractivity (Wildman–Crippen MR) is 91.4 cm³/mol. The van der Waals surface area contributed by atoms with E-state index in [2.05, 4.69) is 50.4 Å². The summed E-state index contributed by atoms with van der Waals surface area (Å²) in [5, 5.41) is 12.5. The molecule has 4 heteroatoms. The molecule has 0 spiro atoms. The molecule has 0 amide bonds. The summed E-state index contributed by atoms with van der Waals surface area (Å²) >= 11 is 3.65. The molecule has 1 saturated heterocycles. The minimum Gasteiger partial charge on any atom is -0.396 e. The van der Waals surface area contributed by atoms with Crippen LogP contribution in [0.2, 0.25) is 0 Å². The Morgan fingerprint density at radius 3 is 2.95 bits per heavy atom. The lowest BCUT2D eigenvalue weighted by atomic mass is 9.94. The van der Waals surface area contributed by atoms with Crippen LogP contribution in [-0.4, -0.2) is 43.3 Å². The number of aliphatic hydroxyl groups excluding tert-OH is 1. The number of halogens is 1. The van der Waals surface area contributed by atoms with E-state index in [4.69, 9.17) is 5.11 Å². The summed E-state index contributed by atoms with van der Waals surface area (Å²) in [5.74, 6) is 0.681. The van der Waals surface area contributed by atoms with E-state index in [1.54, 1.807) is 0 Å². The molecule has 1 aromatic rings. The van der Waals surface area contributed by atoms with Crippen LogP contribution in [0.5, 0.6) is 0 Å². The maximum absolute atomic E-state index is 9.11. The van der Waals surface area contributed by atoms with E-state index in [0.717, 1.165) is 25.9 Å². The number of aliphatic hydroxyl groups is 1. The Bertz CT molecular complexity index is 425. The van der Waals surface area contributed by atoms with Gasteiger partial charge in [0, 0.05) is 23.7 Å². The third-order valence-electron chi connectivity index (χ3n) is 4.50. The van der Waals surface area contributed by atoms with Crippen LogP contribution in [0.4, 0.5) is 0 Å². The van der Waals surface area contributed by atoms with Crippen molar-refractivity contribution < 1.29 is 5.11 Å². The Labute approximate surface area is 136 Å². The van der Waals surface area contributed by atoms with Gasteiger partial charge in [0.15, 0.2) is 0 Å². The Morgan fingerprint density at radius 2 is 2.24 bits per heavy atom. The number of benzene rings is 1. The molecule has 2 unspecified atom stereocenters. The standard InChI is InChI=1S/C17H27BrN2O/c1-19-17(15-6-2-3-7-16(15)18)8-11-20-10-4-5-14(13-20)9-12-21/h2-3,6-7,14,17,19,21H,4-5,8-13H2,1H3. The third kappa shape index (κ3) is 5.06. The summed E-state index contributed by atoms with van der Waals surface area (Å²) < 4.78 is 1.18. The Kier molecular flexibility index (Phi) is 7.17. The van der Waals surface area contributed by atoms with Gasteiger partial charge in [0.25, 0.3) is 0 Å². The van der Waals surface area contributed by atoms with Crippen LogP contribution >= 0.6 is 15.9 Å². The van der Waals surface area contributed by atoms with Gasteiger partial charge in [-0.1, -0.05) is 34.1 Å². The fraction of sp³-hybridized carbons (Fsp3) is 0.647. The van der Waals surface area contributed by atoms with Crippen molar-refractivity contribution in [3.05, 3.63) is 34.3 Å². The van der Waals surface area contributed by atoms with Gasteiger partial charge in [-0.3, -0.25) is 0 Å². The molecular formula is C17H27BrN2O. The first kappa shape index (κ1) is 16.9. The van der Waals surface area contributed by atoms with E-state index in [0.29, 0.717) is 18.6 Å². The summed E-state index contributed by atoms with van der Waals surface area (Å²) in [6, 6.07) is 8.85. The molecule has 0 bridgehead atoms. The monoisotopic (exact) mass is 354 g/mol. The highest BCUT2D eigenvalue weighted by Gasteiger charge is 2.20. The van der Waals surface area contributed by atoms with Crippen molar-refractivity contribution in [1.82, 2.24) is 10.2 Å². The second-order valence-corrected chi connectivity index (χ2v) is 6.83. The topological polar surface area (TPSA) is 35.5 Å². The molecule has 0 aliphatic carbocycles. The molecule has 1 heterocycles. The average molecular weight is 355 g/mol. The second-order valence-electron chi connectivity index (χ2n) is 5.97. The molecule has 2 rings (SSSR count). The minimum absolute atomic E-state index is 0.328. The van der Waals surface area contributed by atoms with Crippen molar-refractivity contribution in [2.24, 2.45) is 5.92 Å². The van der Waals surface area contributed by atoms with Crippen LogP contribution in [-0.2, 0) is 0 Å². The SMILES string of the molecule is CNC(CCN1CCCC(CCO)C1)c1ccccc1Br. The maximum atomic E-state index is 9.11. The normalized spacial score (nSPS) is 21.4. The number of piperidine rings is 1. The van der Waals surface area contributed by atoms with Crippen molar-refractivity contribution >= 4 is 15.9 Å². The molecule has 1 aliphatic heterocycles. The van der Waals surface area contributed by atoms with Gasteiger partial charge in [-0.05, 0) is 63.4 Å². The first-order valence-corrected chi connectivity index (χ1v) is 8.78. The number of likely N-dealkylation sites (tertiary alicyclic amines) is 1. The van der Waals surface area contributed by atoms with Crippen LogP contribution in [0.15, 0.2) is 28.7 Å². The van der Waals surface area contributed by atoms with Gasteiger partial charge in [-0.15, -0.1) is 0 Å². The van der Waals surface area contributed by atoms with Crippen molar-refractivity contribution in [3.8, 4) is 0 Å². The van der Waals surface area contributed by atoms with Gasteiger partial charge in [-0.25, -0.2) is 0 Å². The van der Waals surface area contributed by atoms with Crippen molar-refractivity contribution in [2.75, 3.05) is 33.3 Å². The van der Waals surface area contributed by atoms with Crippen LogP contribution in [0.25, 0.3) is 0 Å². The van der Waals surface area contributed by atoms with Crippen LogP contribution in [0.1, 0.15) is 37.3 Å². The highest BCUT2D eigenvalue weighted by molar-refractivity contribution is 9.10. The van der Waals surface area contributed by atoms with E-state index in [1.165, 1.54) is 29.4 Å². The number of hydrogen-bond donors (Lipinski definition) is 2. The van der Waals surface area contributed by atoms with E-state index in [-0.39, 0.29) is 0 Å². The summed E-state index contributed by atoms with van der Waals surface area (Å²) in [4.78, 5) is 2.56. The van der Waals surface area contributed by atoms with E-state index < -0.39 is 0 Å². The highest BCUT2D eigenvalue weighted by Crippen LogP contribution is 2.26. The average Bonchev–Trinajstić information content (AvgIpc) is 2.50. The second kappa shape index (κ2) is 8.89. The van der Waals surface area contributed by atoms with Gasteiger partial charge in [-0.2, -0.15) is 0 Å². The molecule has 1 aliphatic rings. The molecule has 1 aromatic carbocycles. The molecule has 3 nitrogen and oxygen atoms in total. The summed E-state index contributed by atoms with van der Waals surface area (Å²) in [6.07, 6.45) is 4.61. The number of hydrogen-bond acceptors (Lipinski definition) is 3. The third-order valence-corrected chi connectivity index (χ3v) is 5.23. The Balaban J connectivity index is 1.87. The summed E-state index contributed by atoms with van der Waals surface area (Å²) in [5.41, 5.74) is 1.34. The minimum atomic E-state index is 0.328. The van der Waals surface area contributed by atoms with E-state index in [9.17, 15) is 0 Å². The van der Waals surface area contributed by atoms with Crippen LogP contribution in [0.3, 0.4) is 0 Å². The molecule has 0 saturated carbocycles. The molecule has 21 heavy (non-hydrogen) atoms. The lowest BCUT2D eigenvalue weighted by Crippen LogP contribution is -2.37. The summed E-state index contributed by atoms with van der Waals surface area (Å²) in [6.45, 7) is 3.80. The highest BCUT2D eigenvalue weighted by atomic mass is 79.9. The van der Waals surface area contributed by atoms with Gasteiger partial charge in [0.2, 0.25) is 0 Å². The smallest absolute Gasteiger partial charge is 0.0434 e. The van der Waals surface area contributed by atoms with Crippen molar-refractivity contribution in [3.63, 3.8) is 0 Å². The van der Waals surface area contributed by atoms with Crippen LogP contribution < -0.4 is 5.32 Å². The molecular weight excluding hydrogens is 328 g/mol. The number of nitrogens with one attached hydrogen (secondary N) is 1. The zero-order chi connectivity index (χ0) is 15.1. The number of nitrogens with zero attached hydrogens (tertiary/aromatic N) is 1. The Hall–Kier alpha value is -0.420. The zero-order valence-electron chi connectivity index (χ0n) is 12.9. The lowest BCUT2D eigenvalue weighted by molar-refractivity contribution is 0.143. The molecule has 118 valence electrons. The van der Waals surface area contributed by atoms with Gasteiger partial charge < -0.3 is 15.3 Å². The van der Waals surface area contributed by atoms with Gasteiger partial charge in [0.1, 0.15) is 0 Å². The zero-order valence-corrected chi connectivity index (χ0v) is 14.5. The lowest BCUT2D eigenvalue weighted by Gasteiger charge is -2.33. The van der Waals surface area contributed by atoms with E-state index >= 15 is 0 Å². The van der Waals surface area contributed by atoms with Gasteiger partial charge in [0.05, 0.1) is 0 Å². The van der Waals surface area contributed by atoms with Crippen molar-refractivity contribution in [2.45, 2.75) is 31.7 Å². The molecule has 1 fully saturated rings. The Morgan fingerprint density at radius 1 is 1.43 bits per heavy atom. The molecule has 0 radical (unpaired) electrons. The first-order valence-electron chi connectivity index (χ1n) is 7.99. The van der Waals surface area contributed by atoms with Crippen LogP contribution in [0, 0.1) is 5.92 Å². The van der Waals surface area contributed by atoms with Gasteiger partial charge >= 0.3 is 0 Å². The predicted octanol–water partition coefficient (Wildman–Crippen LogP) is 3.19. The maximum Gasteiger partial charge on any atom is 0.0434 e. The largest absolute Gasteiger partial charge is 0.396 e. The summed E-state index contributed by atoms with van der Waals surface area (Å²) in [7, 11) is 2.04. The fourth-order valence-electron chi connectivity index (χ4n) is 3.30. The first-order chi connectivity index (χ1) is 10.2. The quantitative estimate of drug-likeness (QED) is 0.789. The number of rotatable bonds is 7. The molecule has 0 aromatic heterocycles. The molecule has 2 atom stereocenters. The van der Waals surface area contributed by atoms with E-state index in [1.807, 2.05) is 7.05 Å². The fourth-order valence-corrected chi connectivity index (χ4v) is 3.86.